The van der Waals surface area contributed by atoms with Crippen LogP contribution >= 0.6 is 27.3 Å². The van der Waals surface area contributed by atoms with Gasteiger partial charge in [-0.15, -0.1) is 11.3 Å². The van der Waals surface area contributed by atoms with Gasteiger partial charge in [0.15, 0.2) is 5.78 Å². The summed E-state index contributed by atoms with van der Waals surface area (Å²) in [4.78, 5) is 16.1. The first-order valence-electron chi connectivity index (χ1n) is 6.74. The number of hydrogen-bond donors (Lipinski definition) is 0. The van der Waals surface area contributed by atoms with Crippen molar-refractivity contribution in [1.82, 2.24) is 4.90 Å². The van der Waals surface area contributed by atoms with Crippen molar-refractivity contribution in [2.24, 2.45) is 0 Å². The van der Waals surface area contributed by atoms with Crippen LogP contribution in [-0.2, 0) is 6.42 Å². The average Bonchev–Trinajstić information content (AvgIpc) is 2.92. The van der Waals surface area contributed by atoms with Gasteiger partial charge in [-0.2, -0.15) is 0 Å². The number of rotatable bonds is 3. The molecular formula is C16H16BrNOS. The van der Waals surface area contributed by atoms with E-state index in [1.165, 1.54) is 10.4 Å². The van der Waals surface area contributed by atoms with E-state index in [1.807, 2.05) is 35.6 Å². The monoisotopic (exact) mass is 349 g/mol. The zero-order valence-corrected chi connectivity index (χ0v) is 13.7. The normalized spacial score (nSPS) is 18.8. The van der Waals surface area contributed by atoms with Crippen LogP contribution in [0.5, 0.6) is 0 Å². The summed E-state index contributed by atoms with van der Waals surface area (Å²) in [5.41, 5.74) is 2.18. The van der Waals surface area contributed by atoms with E-state index in [-0.39, 0.29) is 5.78 Å². The molecule has 1 aromatic heterocycles. The van der Waals surface area contributed by atoms with Crippen LogP contribution in [0.3, 0.4) is 0 Å². The third-order valence-corrected chi connectivity index (χ3v) is 5.44. The van der Waals surface area contributed by atoms with E-state index in [9.17, 15) is 4.79 Å². The van der Waals surface area contributed by atoms with E-state index in [4.69, 9.17) is 0 Å². The number of carbonyl (C=O) groups is 1. The Morgan fingerprint density at radius 1 is 1.35 bits per heavy atom. The number of carbonyl (C=O) groups excluding carboxylic acids is 1. The molecular weight excluding hydrogens is 334 g/mol. The van der Waals surface area contributed by atoms with E-state index >= 15 is 0 Å². The second kappa shape index (κ2) is 5.80. The molecule has 0 saturated carbocycles. The van der Waals surface area contributed by atoms with Crippen molar-refractivity contribution >= 4 is 33.0 Å². The van der Waals surface area contributed by atoms with Crippen LogP contribution in [0, 0.1) is 0 Å². The predicted molar refractivity (Wildman–Crippen MR) is 86.5 cm³/mol. The average molecular weight is 350 g/mol. The molecule has 0 aliphatic carbocycles. The van der Waals surface area contributed by atoms with Gasteiger partial charge in [0.05, 0.1) is 6.54 Å². The van der Waals surface area contributed by atoms with Gasteiger partial charge in [-0.3, -0.25) is 9.69 Å². The van der Waals surface area contributed by atoms with Gasteiger partial charge < -0.3 is 0 Å². The van der Waals surface area contributed by atoms with Crippen molar-refractivity contribution in [3.8, 4) is 0 Å². The molecule has 0 bridgehead atoms. The lowest BCUT2D eigenvalue weighted by molar-refractivity contribution is 0.0891. The number of fused-ring (bicyclic) bond motifs is 1. The third kappa shape index (κ3) is 2.73. The summed E-state index contributed by atoms with van der Waals surface area (Å²) < 4.78 is 1.00. The molecule has 104 valence electrons. The summed E-state index contributed by atoms with van der Waals surface area (Å²) in [6, 6.07) is 10.1. The quantitative estimate of drug-likeness (QED) is 0.769. The van der Waals surface area contributed by atoms with Crippen molar-refractivity contribution in [1.29, 1.82) is 0 Å². The first-order valence-corrected chi connectivity index (χ1v) is 8.41. The van der Waals surface area contributed by atoms with Crippen LogP contribution in [0.2, 0.25) is 0 Å². The Bertz CT molecular complexity index is 620. The molecule has 0 saturated heterocycles. The van der Waals surface area contributed by atoms with Gasteiger partial charge in [0.1, 0.15) is 0 Å². The van der Waals surface area contributed by atoms with Crippen molar-refractivity contribution in [3.63, 3.8) is 0 Å². The Balaban J connectivity index is 1.72. The van der Waals surface area contributed by atoms with Gasteiger partial charge in [-0.25, -0.2) is 0 Å². The minimum Gasteiger partial charge on any atom is -0.293 e. The van der Waals surface area contributed by atoms with Crippen LogP contribution in [0.4, 0.5) is 0 Å². The van der Waals surface area contributed by atoms with Gasteiger partial charge in [0, 0.05) is 27.5 Å². The van der Waals surface area contributed by atoms with Gasteiger partial charge in [-0.05, 0) is 42.5 Å². The predicted octanol–water partition coefficient (Wildman–Crippen LogP) is 4.31. The lowest BCUT2D eigenvalue weighted by Crippen LogP contribution is -2.37. The molecule has 0 spiro atoms. The number of nitrogens with zero attached hydrogens (tertiary/aromatic N) is 1. The highest BCUT2D eigenvalue weighted by Crippen LogP contribution is 2.32. The van der Waals surface area contributed by atoms with Gasteiger partial charge in [0.2, 0.25) is 0 Å². The standard InChI is InChI=1S/C16H16BrNOS/c1-11-14-7-9-20-16(14)6-8-18(11)10-15(19)12-2-4-13(17)5-3-12/h2-5,7,9,11H,6,8,10H2,1H3. The molecule has 2 nitrogen and oxygen atoms in total. The van der Waals surface area contributed by atoms with Crippen LogP contribution in [-0.4, -0.2) is 23.8 Å². The highest BCUT2D eigenvalue weighted by molar-refractivity contribution is 9.10. The van der Waals surface area contributed by atoms with Crippen molar-refractivity contribution in [3.05, 3.63) is 56.2 Å². The van der Waals surface area contributed by atoms with Gasteiger partial charge in [0.25, 0.3) is 0 Å². The largest absolute Gasteiger partial charge is 0.293 e. The molecule has 0 fully saturated rings. The van der Waals surface area contributed by atoms with E-state index < -0.39 is 0 Å². The summed E-state index contributed by atoms with van der Waals surface area (Å²) in [6.45, 7) is 3.66. The number of halogens is 1. The second-order valence-electron chi connectivity index (χ2n) is 5.13. The highest BCUT2D eigenvalue weighted by atomic mass is 79.9. The molecule has 1 aromatic carbocycles. The Kier molecular flexibility index (Phi) is 4.06. The van der Waals surface area contributed by atoms with Crippen molar-refractivity contribution in [2.75, 3.05) is 13.1 Å². The zero-order valence-electron chi connectivity index (χ0n) is 11.3. The molecule has 0 N–H and O–H groups in total. The molecule has 1 aliphatic heterocycles. The maximum atomic E-state index is 12.4. The molecule has 2 aromatic rings. The van der Waals surface area contributed by atoms with Crippen LogP contribution in [0.1, 0.15) is 33.8 Å². The third-order valence-electron chi connectivity index (χ3n) is 3.92. The fraction of sp³-hybridized carbons (Fsp3) is 0.312. The van der Waals surface area contributed by atoms with Crippen molar-refractivity contribution in [2.45, 2.75) is 19.4 Å². The summed E-state index contributed by atoms with van der Waals surface area (Å²) in [6.07, 6.45) is 1.06. The summed E-state index contributed by atoms with van der Waals surface area (Å²) in [5, 5.41) is 2.15. The molecule has 2 heterocycles. The maximum Gasteiger partial charge on any atom is 0.176 e. The molecule has 1 atom stereocenters. The van der Waals surface area contributed by atoms with Crippen LogP contribution in [0.25, 0.3) is 0 Å². The van der Waals surface area contributed by atoms with Gasteiger partial charge in [-0.1, -0.05) is 28.1 Å². The molecule has 1 unspecified atom stereocenters. The molecule has 4 heteroatoms. The summed E-state index contributed by atoms with van der Waals surface area (Å²) in [7, 11) is 0. The topological polar surface area (TPSA) is 20.3 Å². The first-order chi connectivity index (χ1) is 9.65. The fourth-order valence-electron chi connectivity index (χ4n) is 2.69. The number of hydrogen-bond acceptors (Lipinski definition) is 3. The Morgan fingerprint density at radius 2 is 2.10 bits per heavy atom. The molecule has 0 radical (unpaired) electrons. The van der Waals surface area contributed by atoms with Crippen molar-refractivity contribution < 1.29 is 4.79 Å². The first kappa shape index (κ1) is 14.0. The minimum absolute atomic E-state index is 0.197. The molecule has 1 aliphatic rings. The molecule has 20 heavy (non-hydrogen) atoms. The van der Waals surface area contributed by atoms with Crippen LogP contribution < -0.4 is 0 Å². The zero-order chi connectivity index (χ0) is 14.1. The highest BCUT2D eigenvalue weighted by Gasteiger charge is 2.26. The number of Topliss-reactive ketones (excluding diaryl/α,β-unsaturated/α-hetero) is 1. The van der Waals surface area contributed by atoms with E-state index in [0.29, 0.717) is 12.6 Å². The van der Waals surface area contributed by atoms with E-state index in [0.717, 1.165) is 23.0 Å². The lowest BCUT2D eigenvalue weighted by Gasteiger charge is -2.32. The maximum absolute atomic E-state index is 12.4. The van der Waals surface area contributed by atoms with E-state index in [2.05, 4.69) is 39.2 Å². The van der Waals surface area contributed by atoms with Crippen LogP contribution in [0.15, 0.2) is 40.2 Å². The second-order valence-corrected chi connectivity index (χ2v) is 7.04. The Labute approximate surface area is 131 Å². The lowest BCUT2D eigenvalue weighted by atomic mass is 10.0. The smallest absolute Gasteiger partial charge is 0.176 e. The molecule has 0 amide bonds. The fourth-order valence-corrected chi connectivity index (χ4v) is 3.92. The number of benzene rings is 1. The number of ketones is 1. The molecule has 3 rings (SSSR count). The van der Waals surface area contributed by atoms with E-state index in [1.54, 1.807) is 0 Å². The summed E-state index contributed by atoms with van der Waals surface area (Å²) in [5.74, 6) is 0.197. The van der Waals surface area contributed by atoms with Gasteiger partial charge >= 0.3 is 0 Å². The Morgan fingerprint density at radius 3 is 2.85 bits per heavy atom. The SMILES string of the molecule is CC1c2ccsc2CCN1CC(=O)c1ccc(Br)cc1. The Hall–Kier alpha value is -0.970. The minimum atomic E-state index is 0.197. The number of thiophene rings is 1. The summed E-state index contributed by atoms with van der Waals surface area (Å²) >= 11 is 5.23.